The molecule has 4 nitrogen and oxygen atoms in total. The third kappa shape index (κ3) is 4.32. The van der Waals surface area contributed by atoms with Crippen LogP contribution in [0.2, 0.25) is 0 Å². The van der Waals surface area contributed by atoms with E-state index in [0.717, 1.165) is 69.0 Å². The van der Waals surface area contributed by atoms with Crippen molar-refractivity contribution in [2.24, 2.45) is 46.3 Å². The number of rotatable bonds is 4. The van der Waals surface area contributed by atoms with E-state index in [1.165, 1.54) is 38.5 Å². The maximum absolute atomic E-state index is 12.9. The van der Waals surface area contributed by atoms with Gasteiger partial charge in [0.15, 0.2) is 0 Å². The van der Waals surface area contributed by atoms with E-state index in [0.29, 0.717) is 29.5 Å². The summed E-state index contributed by atoms with van der Waals surface area (Å²) in [5, 5.41) is 0. The van der Waals surface area contributed by atoms with Crippen LogP contribution in [0.3, 0.4) is 0 Å². The van der Waals surface area contributed by atoms with E-state index < -0.39 is 0 Å². The summed E-state index contributed by atoms with van der Waals surface area (Å²) in [5.74, 6) is 4.81. The maximum atomic E-state index is 12.9. The molecule has 0 aromatic rings. The number of esters is 1. The largest absolute Gasteiger partial charge is 0.462 e. The quantitative estimate of drug-likeness (QED) is 0.495. The van der Waals surface area contributed by atoms with Gasteiger partial charge in [-0.05, 0) is 92.3 Å². The molecule has 0 unspecified atom stereocenters. The lowest BCUT2D eigenvalue weighted by atomic mass is 9.45. The monoisotopic (exact) mass is 457 g/mol. The zero-order chi connectivity index (χ0) is 23.4. The lowest BCUT2D eigenvalue weighted by Gasteiger charge is -2.60. The lowest BCUT2D eigenvalue weighted by Crippen LogP contribution is -2.54. The number of hydrogen-bond acceptors (Lipinski definition) is 4. The highest BCUT2D eigenvalue weighted by Crippen LogP contribution is 2.66. The van der Waals surface area contributed by atoms with Crippen LogP contribution in [0.15, 0.2) is 0 Å². The van der Waals surface area contributed by atoms with E-state index in [4.69, 9.17) is 4.74 Å². The van der Waals surface area contributed by atoms with Crippen molar-refractivity contribution in [3.8, 4) is 0 Å². The highest BCUT2D eigenvalue weighted by molar-refractivity contribution is 5.79. The summed E-state index contributed by atoms with van der Waals surface area (Å²) in [4.78, 5) is 27.5. The smallest absolute Gasteiger partial charge is 0.307 e. The molecule has 1 aliphatic heterocycles. The highest BCUT2D eigenvalue weighted by Gasteiger charge is 2.61. The predicted octanol–water partition coefficient (Wildman–Crippen LogP) is 5.88. The zero-order valence-electron chi connectivity index (χ0n) is 21.6. The summed E-state index contributed by atoms with van der Waals surface area (Å²) < 4.78 is 6.24. The van der Waals surface area contributed by atoms with Gasteiger partial charge < -0.3 is 9.64 Å². The van der Waals surface area contributed by atoms with Crippen molar-refractivity contribution in [2.75, 3.05) is 19.6 Å². The first-order valence-corrected chi connectivity index (χ1v) is 14.1. The molecule has 33 heavy (non-hydrogen) atoms. The van der Waals surface area contributed by atoms with Gasteiger partial charge >= 0.3 is 5.97 Å². The Hall–Kier alpha value is -0.900. The fraction of sp³-hybridized carbons (Fsp3) is 0.931. The fourth-order valence-corrected chi connectivity index (χ4v) is 9.63. The number of ether oxygens (including phenoxy) is 1. The fourth-order valence-electron chi connectivity index (χ4n) is 9.63. The summed E-state index contributed by atoms with van der Waals surface area (Å²) in [6.45, 7) is 12.7. The second kappa shape index (κ2) is 8.95. The van der Waals surface area contributed by atoms with Crippen LogP contribution in [0.1, 0.15) is 98.3 Å². The summed E-state index contributed by atoms with van der Waals surface area (Å²) in [6.07, 6.45) is 11.9. The second-order valence-corrected chi connectivity index (χ2v) is 13.5. The molecule has 5 rings (SSSR count). The van der Waals surface area contributed by atoms with Crippen LogP contribution in [-0.2, 0) is 14.3 Å². The Labute approximate surface area is 201 Å². The van der Waals surface area contributed by atoms with Gasteiger partial charge in [0.2, 0.25) is 0 Å². The van der Waals surface area contributed by atoms with Crippen LogP contribution in [0.5, 0.6) is 0 Å². The van der Waals surface area contributed by atoms with Gasteiger partial charge in [-0.15, -0.1) is 0 Å². The van der Waals surface area contributed by atoms with Gasteiger partial charge in [0, 0.05) is 37.9 Å². The minimum absolute atomic E-state index is 0.0244. The first-order valence-electron chi connectivity index (χ1n) is 14.1. The summed E-state index contributed by atoms with van der Waals surface area (Å²) in [6, 6.07) is 0. The molecule has 1 saturated heterocycles. The first kappa shape index (κ1) is 23.8. The van der Waals surface area contributed by atoms with Crippen LogP contribution in [0, 0.1) is 46.3 Å². The second-order valence-electron chi connectivity index (χ2n) is 13.5. The van der Waals surface area contributed by atoms with E-state index in [1.807, 2.05) is 0 Å². The number of likely N-dealkylation sites (tertiary alicyclic amines) is 1. The lowest BCUT2D eigenvalue weighted by molar-refractivity contribution is -0.164. The summed E-state index contributed by atoms with van der Waals surface area (Å²) in [7, 11) is 0. The average Bonchev–Trinajstić information content (AvgIpc) is 3.08. The molecule has 9 atom stereocenters. The molecule has 4 heteroatoms. The Kier molecular flexibility index (Phi) is 6.46. The number of ketones is 1. The number of carbonyl (C=O) groups is 2. The number of nitrogens with zero attached hydrogens (tertiary/aromatic N) is 1. The normalized spacial score (nSPS) is 48.0. The van der Waals surface area contributed by atoms with Gasteiger partial charge in [-0.1, -0.05) is 27.7 Å². The first-order chi connectivity index (χ1) is 15.7. The summed E-state index contributed by atoms with van der Waals surface area (Å²) >= 11 is 0. The van der Waals surface area contributed by atoms with Gasteiger partial charge in [-0.3, -0.25) is 9.59 Å². The molecule has 5 aliphatic rings. The number of fused-ring (bicyclic) bond motifs is 5. The Bertz CT molecular complexity index is 756. The number of carbonyl (C=O) groups excluding carboxylic acids is 2. The van der Waals surface area contributed by atoms with Crippen LogP contribution in [0.4, 0.5) is 0 Å². The van der Waals surface area contributed by atoms with Crippen LogP contribution in [-0.4, -0.2) is 42.4 Å². The maximum Gasteiger partial charge on any atom is 0.307 e. The van der Waals surface area contributed by atoms with E-state index in [2.05, 4.69) is 32.6 Å². The van der Waals surface area contributed by atoms with Crippen LogP contribution >= 0.6 is 0 Å². The molecule has 4 aliphatic carbocycles. The van der Waals surface area contributed by atoms with Gasteiger partial charge in [0.25, 0.3) is 0 Å². The third-order valence-electron chi connectivity index (χ3n) is 11.2. The van der Waals surface area contributed by atoms with Crippen molar-refractivity contribution in [1.29, 1.82) is 0 Å². The molecule has 0 N–H and O–H groups in total. The van der Waals surface area contributed by atoms with Crippen LogP contribution < -0.4 is 0 Å². The van der Waals surface area contributed by atoms with Gasteiger partial charge in [0.1, 0.15) is 11.9 Å². The highest BCUT2D eigenvalue weighted by atomic mass is 16.5. The number of Topliss-reactive ketones (excluding diaryl/α,β-unsaturated/α-hetero) is 1. The van der Waals surface area contributed by atoms with Gasteiger partial charge in [-0.25, -0.2) is 0 Å². The van der Waals surface area contributed by atoms with Gasteiger partial charge in [0.05, 0.1) is 6.42 Å². The van der Waals surface area contributed by atoms with E-state index in [-0.39, 0.29) is 17.5 Å². The van der Waals surface area contributed by atoms with E-state index in [1.54, 1.807) is 0 Å². The molecule has 0 spiro atoms. The van der Waals surface area contributed by atoms with Gasteiger partial charge in [-0.2, -0.15) is 0 Å². The standard InChI is InChI=1S/C29H47NO3/c1-19-15-20(2)18-30(17-19)14-11-27(32)33-26-8-7-24-23-6-5-21-16-22(31)9-12-28(21,3)25(23)10-13-29(24,26)4/h19-21,23-26H,5-18H2,1-4H3/t19-,20-,21-,23-,24-,25-,26+,28-,29-/m0/s1. The number of piperidine rings is 1. The molecule has 186 valence electrons. The Morgan fingerprint density at radius 1 is 0.970 bits per heavy atom. The van der Waals surface area contributed by atoms with Crippen molar-refractivity contribution in [2.45, 2.75) is 104 Å². The van der Waals surface area contributed by atoms with Crippen molar-refractivity contribution < 1.29 is 14.3 Å². The molecule has 0 amide bonds. The molecular formula is C29H47NO3. The van der Waals surface area contributed by atoms with Crippen molar-refractivity contribution in [3.05, 3.63) is 0 Å². The average molecular weight is 458 g/mol. The molecule has 4 saturated carbocycles. The van der Waals surface area contributed by atoms with Crippen LogP contribution in [0.25, 0.3) is 0 Å². The molecule has 0 aromatic carbocycles. The van der Waals surface area contributed by atoms with Crippen molar-refractivity contribution >= 4 is 11.8 Å². The molecule has 5 fully saturated rings. The Morgan fingerprint density at radius 2 is 1.70 bits per heavy atom. The SMILES string of the molecule is C[C@H]1C[C@H](C)CN(CCC(=O)O[C@@H]2CC[C@H]3[C@@H]4CC[C@H]5CC(=O)CC[C@]5(C)[C@H]4CC[C@]23C)C1. The Morgan fingerprint density at radius 3 is 2.45 bits per heavy atom. The predicted molar refractivity (Wildman–Crippen MR) is 131 cm³/mol. The van der Waals surface area contributed by atoms with E-state index in [9.17, 15) is 9.59 Å². The molecule has 0 bridgehead atoms. The summed E-state index contributed by atoms with van der Waals surface area (Å²) in [5.41, 5.74) is 0.508. The van der Waals surface area contributed by atoms with Crippen molar-refractivity contribution in [3.63, 3.8) is 0 Å². The minimum Gasteiger partial charge on any atom is -0.462 e. The third-order valence-corrected chi connectivity index (χ3v) is 11.2. The van der Waals surface area contributed by atoms with E-state index >= 15 is 0 Å². The topological polar surface area (TPSA) is 46.6 Å². The zero-order valence-corrected chi connectivity index (χ0v) is 21.6. The van der Waals surface area contributed by atoms with Crippen molar-refractivity contribution in [1.82, 2.24) is 4.90 Å². The molecule has 0 radical (unpaired) electrons. The Balaban J connectivity index is 1.19. The molecule has 1 heterocycles. The molecule has 0 aromatic heterocycles. The molecular weight excluding hydrogens is 410 g/mol. The minimum atomic E-state index is 0.0244. The number of hydrogen-bond donors (Lipinski definition) is 0.